The van der Waals surface area contributed by atoms with Crippen LogP contribution in [0.3, 0.4) is 0 Å². The lowest BCUT2D eigenvalue weighted by Crippen LogP contribution is -2.30. The van der Waals surface area contributed by atoms with Crippen LogP contribution < -0.4 is 9.64 Å². The zero-order chi connectivity index (χ0) is 22.7. The fraction of sp³-hybridized carbons (Fsp3) is 0.0800. The van der Waals surface area contributed by atoms with E-state index >= 15 is 0 Å². The number of ether oxygens (including phenoxy) is 1. The molecule has 1 saturated heterocycles. The lowest BCUT2D eigenvalue weighted by atomic mass is 9.95. The Morgan fingerprint density at radius 3 is 2.44 bits per heavy atom. The smallest absolute Gasteiger partial charge is 0.301 e. The molecule has 3 aromatic rings. The third kappa shape index (κ3) is 3.88. The van der Waals surface area contributed by atoms with Crippen molar-refractivity contribution in [1.29, 1.82) is 0 Å². The number of carbonyl (C=O) groups is 2. The second kappa shape index (κ2) is 8.85. The number of hydrogen-bond acceptors (Lipinski definition) is 5. The first-order valence-electron chi connectivity index (χ1n) is 9.83. The quantitative estimate of drug-likeness (QED) is 0.271. The minimum Gasteiger partial charge on any atom is -0.507 e. The maximum absolute atomic E-state index is 13.6. The van der Waals surface area contributed by atoms with E-state index in [9.17, 15) is 19.1 Å². The fourth-order valence-corrected chi connectivity index (χ4v) is 3.55. The normalized spacial score (nSPS) is 17.4. The first-order chi connectivity index (χ1) is 15.5. The van der Waals surface area contributed by atoms with E-state index in [1.165, 1.54) is 35.4 Å². The number of ketones is 1. The molecule has 4 rings (SSSR count). The number of halogens is 1. The Morgan fingerprint density at radius 2 is 1.81 bits per heavy atom. The topological polar surface area (TPSA) is 79.7 Å². The highest BCUT2D eigenvalue weighted by Crippen LogP contribution is 2.41. The molecule has 0 bridgehead atoms. The summed E-state index contributed by atoms with van der Waals surface area (Å²) in [6.07, 6.45) is 3.11. The maximum Gasteiger partial charge on any atom is 0.301 e. The standard InChI is InChI=1S/C25H19FN2O4/c1-2-15-32-19-12-8-17(9-13-19)23(29)21-22(16-6-10-18(26)11-7-16)28(25(31)24(21)30)20-5-3-4-14-27-20/h2-14,22,29H,1,15H2/t22-/m0/s1. The Kier molecular flexibility index (Phi) is 5.81. The number of benzene rings is 2. The van der Waals surface area contributed by atoms with Gasteiger partial charge < -0.3 is 9.84 Å². The molecule has 6 nitrogen and oxygen atoms in total. The molecule has 160 valence electrons. The molecule has 2 heterocycles. The predicted octanol–water partition coefficient (Wildman–Crippen LogP) is 4.41. The van der Waals surface area contributed by atoms with E-state index in [0.29, 0.717) is 23.5 Å². The van der Waals surface area contributed by atoms with Gasteiger partial charge >= 0.3 is 5.91 Å². The van der Waals surface area contributed by atoms with Crippen LogP contribution in [0.2, 0.25) is 0 Å². The number of anilines is 1. The molecule has 1 N–H and O–H groups in total. The van der Waals surface area contributed by atoms with E-state index in [2.05, 4.69) is 11.6 Å². The average molecular weight is 430 g/mol. The van der Waals surface area contributed by atoms with Crippen LogP contribution >= 0.6 is 0 Å². The monoisotopic (exact) mass is 430 g/mol. The average Bonchev–Trinajstić information content (AvgIpc) is 3.09. The lowest BCUT2D eigenvalue weighted by Gasteiger charge is -2.24. The summed E-state index contributed by atoms with van der Waals surface area (Å²) in [5, 5.41) is 11.1. The molecule has 7 heteroatoms. The molecule has 1 fully saturated rings. The number of aromatic nitrogens is 1. The van der Waals surface area contributed by atoms with Crippen LogP contribution in [-0.2, 0) is 9.59 Å². The number of pyridine rings is 1. The van der Waals surface area contributed by atoms with Gasteiger partial charge in [-0.25, -0.2) is 9.37 Å². The molecule has 1 amide bonds. The molecule has 2 aromatic carbocycles. The predicted molar refractivity (Wildman–Crippen MR) is 118 cm³/mol. The van der Waals surface area contributed by atoms with Gasteiger partial charge in [-0.3, -0.25) is 14.5 Å². The van der Waals surface area contributed by atoms with Crippen molar-refractivity contribution in [2.75, 3.05) is 11.5 Å². The van der Waals surface area contributed by atoms with Crippen molar-refractivity contribution in [3.63, 3.8) is 0 Å². The first-order valence-corrected chi connectivity index (χ1v) is 9.83. The summed E-state index contributed by atoms with van der Waals surface area (Å²) >= 11 is 0. The number of aliphatic hydroxyl groups excluding tert-OH is 1. The molecule has 0 aliphatic carbocycles. The minimum absolute atomic E-state index is 0.105. The number of aliphatic hydroxyl groups is 1. The van der Waals surface area contributed by atoms with Crippen molar-refractivity contribution in [2.45, 2.75) is 6.04 Å². The third-order valence-corrected chi connectivity index (χ3v) is 5.02. The largest absolute Gasteiger partial charge is 0.507 e. The van der Waals surface area contributed by atoms with E-state index in [1.54, 1.807) is 48.5 Å². The molecular formula is C25H19FN2O4. The van der Waals surface area contributed by atoms with Gasteiger partial charge in [0, 0.05) is 11.8 Å². The highest BCUT2D eigenvalue weighted by molar-refractivity contribution is 6.51. The van der Waals surface area contributed by atoms with Crippen molar-refractivity contribution < 1.29 is 23.8 Å². The summed E-state index contributed by atoms with van der Waals surface area (Å²) in [6.45, 7) is 3.91. The summed E-state index contributed by atoms with van der Waals surface area (Å²) in [7, 11) is 0. The van der Waals surface area contributed by atoms with Gasteiger partial charge in [-0.1, -0.05) is 30.9 Å². The highest BCUT2D eigenvalue weighted by atomic mass is 19.1. The Balaban J connectivity index is 1.84. The van der Waals surface area contributed by atoms with E-state index in [0.717, 1.165) is 0 Å². The molecule has 1 atom stereocenters. The summed E-state index contributed by atoms with van der Waals surface area (Å²) in [6, 6.07) is 15.9. The van der Waals surface area contributed by atoms with Crippen LogP contribution in [0.1, 0.15) is 17.2 Å². The zero-order valence-electron chi connectivity index (χ0n) is 16.9. The molecule has 0 saturated carbocycles. The van der Waals surface area contributed by atoms with Crippen molar-refractivity contribution in [2.24, 2.45) is 0 Å². The van der Waals surface area contributed by atoms with Crippen LogP contribution in [0.25, 0.3) is 5.76 Å². The number of amides is 1. The fourth-order valence-electron chi connectivity index (χ4n) is 3.55. The van der Waals surface area contributed by atoms with Crippen LogP contribution in [0.5, 0.6) is 5.75 Å². The van der Waals surface area contributed by atoms with Gasteiger partial charge in [0.25, 0.3) is 5.78 Å². The van der Waals surface area contributed by atoms with Crippen LogP contribution in [0, 0.1) is 5.82 Å². The summed E-state index contributed by atoms with van der Waals surface area (Å²) < 4.78 is 19.0. The third-order valence-electron chi connectivity index (χ3n) is 5.02. The minimum atomic E-state index is -0.970. The zero-order valence-corrected chi connectivity index (χ0v) is 16.9. The number of carbonyl (C=O) groups excluding carboxylic acids is 2. The van der Waals surface area contributed by atoms with E-state index < -0.39 is 23.5 Å². The van der Waals surface area contributed by atoms with Gasteiger partial charge in [-0.2, -0.15) is 0 Å². The maximum atomic E-state index is 13.6. The molecule has 1 aliphatic rings. The Bertz CT molecular complexity index is 1190. The second-order valence-corrected chi connectivity index (χ2v) is 7.03. The Hall–Kier alpha value is -4.26. The second-order valence-electron chi connectivity index (χ2n) is 7.03. The number of Topliss-reactive ketones (excluding diaryl/α,β-unsaturated/α-hetero) is 1. The summed E-state index contributed by atoms with van der Waals surface area (Å²) in [5.74, 6) is -1.67. The lowest BCUT2D eigenvalue weighted by molar-refractivity contribution is -0.132. The molecule has 0 radical (unpaired) electrons. The molecule has 0 unspecified atom stereocenters. The van der Waals surface area contributed by atoms with Gasteiger partial charge in [0.05, 0.1) is 11.6 Å². The summed E-state index contributed by atoms with van der Waals surface area (Å²) in [5.41, 5.74) is 0.692. The molecule has 1 aromatic heterocycles. The van der Waals surface area contributed by atoms with Crippen LogP contribution in [0.15, 0.2) is 91.2 Å². The summed E-state index contributed by atoms with van der Waals surface area (Å²) in [4.78, 5) is 31.4. The molecule has 1 aliphatic heterocycles. The molecular weight excluding hydrogens is 411 g/mol. The van der Waals surface area contributed by atoms with Gasteiger partial charge in [0.1, 0.15) is 29.8 Å². The highest BCUT2D eigenvalue weighted by Gasteiger charge is 2.47. The Morgan fingerprint density at radius 1 is 1.09 bits per heavy atom. The van der Waals surface area contributed by atoms with Gasteiger partial charge in [-0.05, 0) is 54.1 Å². The molecule has 0 spiro atoms. The van der Waals surface area contributed by atoms with E-state index in [4.69, 9.17) is 4.74 Å². The van der Waals surface area contributed by atoms with Gasteiger partial charge in [0.2, 0.25) is 0 Å². The number of nitrogens with zero attached hydrogens (tertiary/aromatic N) is 2. The van der Waals surface area contributed by atoms with Crippen molar-refractivity contribution in [3.8, 4) is 5.75 Å². The number of hydrogen-bond donors (Lipinski definition) is 1. The SMILES string of the molecule is C=CCOc1ccc(C(O)=C2C(=O)C(=O)N(c3ccccn3)[C@H]2c2ccc(F)cc2)cc1. The number of rotatable bonds is 6. The van der Waals surface area contributed by atoms with E-state index in [1.807, 2.05) is 0 Å². The van der Waals surface area contributed by atoms with E-state index in [-0.39, 0.29) is 17.2 Å². The van der Waals surface area contributed by atoms with Crippen molar-refractivity contribution in [3.05, 3.63) is 108 Å². The first kappa shape index (κ1) is 21.0. The van der Waals surface area contributed by atoms with Crippen molar-refractivity contribution in [1.82, 2.24) is 4.98 Å². The van der Waals surface area contributed by atoms with Gasteiger partial charge in [0.15, 0.2) is 0 Å². The Labute approximate surface area is 183 Å². The van der Waals surface area contributed by atoms with Crippen molar-refractivity contribution >= 4 is 23.3 Å². The van der Waals surface area contributed by atoms with Crippen LogP contribution in [0.4, 0.5) is 10.2 Å². The van der Waals surface area contributed by atoms with Gasteiger partial charge in [-0.15, -0.1) is 0 Å². The molecule has 32 heavy (non-hydrogen) atoms. The van der Waals surface area contributed by atoms with Crippen LogP contribution in [-0.4, -0.2) is 28.4 Å².